The minimum atomic E-state index is 0.0114. The van der Waals surface area contributed by atoms with Gasteiger partial charge >= 0.3 is 0 Å². The van der Waals surface area contributed by atoms with Crippen LogP contribution in [0.25, 0.3) is 5.52 Å². The van der Waals surface area contributed by atoms with Crippen LogP contribution in [-0.4, -0.2) is 15.4 Å². The smallest absolute Gasteiger partial charge is 0.163 e. The summed E-state index contributed by atoms with van der Waals surface area (Å²) in [4.78, 5) is 11.1. The van der Waals surface area contributed by atoms with E-state index in [1.807, 2.05) is 0 Å². The normalized spacial score (nSPS) is 10.6. The maximum absolute atomic E-state index is 11.1. The van der Waals surface area contributed by atoms with Gasteiger partial charge in [-0.1, -0.05) is 11.6 Å². The molecule has 0 aliphatic rings. The number of hydrogen-bond acceptors (Lipinski definition) is 2. The Balaban J connectivity index is 2.76. The maximum atomic E-state index is 11.1. The van der Waals surface area contributed by atoms with Gasteiger partial charge in [0.15, 0.2) is 5.78 Å². The number of ketones is 1. The van der Waals surface area contributed by atoms with Crippen LogP contribution in [0, 0.1) is 0 Å². The summed E-state index contributed by atoms with van der Waals surface area (Å²) < 4.78 is 1.60. The number of rotatable bonds is 1. The molecule has 0 aliphatic carbocycles. The summed E-state index contributed by atoms with van der Waals surface area (Å²) in [6.07, 6.45) is 3.22. The van der Waals surface area contributed by atoms with E-state index in [0.717, 1.165) is 5.52 Å². The van der Waals surface area contributed by atoms with Crippen LogP contribution in [0.2, 0.25) is 5.02 Å². The molecule has 13 heavy (non-hydrogen) atoms. The molecule has 66 valence electrons. The highest BCUT2D eigenvalue weighted by Crippen LogP contribution is 2.14. The second-order valence-electron chi connectivity index (χ2n) is 2.79. The van der Waals surface area contributed by atoms with Crippen molar-refractivity contribution in [3.63, 3.8) is 0 Å². The van der Waals surface area contributed by atoms with E-state index in [9.17, 15) is 4.79 Å². The van der Waals surface area contributed by atoms with E-state index in [1.165, 1.54) is 6.92 Å². The zero-order valence-electron chi connectivity index (χ0n) is 6.99. The molecule has 0 aliphatic heterocycles. The third kappa shape index (κ3) is 1.31. The van der Waals surface area contributed by atoms with Gasteiger partial charge in [0.25, 0.3) is 0 Å². The first-order valence-corrected chi connectivity index (χ1v) is 4.20. The Hall–Kier alpha value is -1.35. The zero-order chi connectivity index (χ0) is 9.42. The summed E-state index contributed by atoms with van der Waals surface area (Å²) in [6.45, 7) is 1.52. The Kier molecular flexibility index (Phi) is 1.81. The van der Waals surface area contributed by atoms with Gasteiger partial charge in [-0.15, -0.1) is 0 Å². The van der Waals surface area contributed by atoms with E-state index in [4.69, 9.17) is 11.6 Å². The molecule has 0 radical (unpaired) electrons. The predicted octanol–water partition coefficient (Wildman–Crippen LogP) is 2.19. The van der Waals surface area contributed by atoms with Gasteiger partial charge in [0.2, 0.25) is 0 Å². The molecule has 0 aromatic carbocycles. The van der Waals surface area contributed by atoms with Crippen LogP contribution < -0.4 is 0 Å². The molecular formula is C9H7ClN2O. The molecule has 0 atom stereocenters. The summed E-state index contributed by atoms with van der Waals surface area (Å²) >= 11 is 5.76. The maximum Gasteiger partial charge on any atom is 0.163 e. The quantitative estimate of drug-likeness (QED) is 0.653. The van der Waals surface area contributed by atoms with E-state index in [1.54, 1.807) is 29.0 Å². The van der Waals surface area contributed by atoms with E-state index >= 15 is 0 Å². The first-order valence-electron chi connectivity index (χ1n) is 3.82. The summed E-state index contributed by atoms with van der Waals surface area (Å²) in [5.74, 6) is 0.0114. The first-order chi connectivity index (χ1) is 6.18. The average molecular weight is 195 g/mol. The summed E-state index contributed by atoms with van der Waals surface area (Å²) in [5, 5.41) is 4.61. The Bertz CT molecular complexity index is 475. The monoisotopic (exact) mass is 194 g/mol. The summed E-state index contributed by atoms with van der Waals surface area (Å²) in [7, 11) is 0. The highest BCUT2D eigenvalue weighted by atomic mass is 35.5. The molecule has 2 aromatic rings. The lowest BCUT2D eigenvalue weighted by Crippen LogP contribution is -1.91. The van der Waals surface area contributed by atoms with Crippen molar-refractivity contribution < 1.29 is 4.79 Å². The van der Waals surface area contributed by atoms with Crippen LogP contribution in [-0.2, 0) is 0 Å². The van der Waals surface area contributed by atoms with Crippen molar-refractivity contribution >= 4 is 22.9 Å². The van der Waals surface area contributed by atoms with E-state index < -0.39 is 0 Å². The molecule has 2 rings (SSSR count). The van der Waals surface area contributed by atoms with Crippen LogP contribution in [0.4, 0.5) is 0 Å². The summed E-state index contributed by atoms with van der Waals surface area (Å²) in [6, 6.07) is 3.52. The number of carbonyl (C=O) groups excluding carboxylic acids is 1. The number of nitrogens with zero attached hydrogens (tertiary/aromatic N) is 2. The number of aromatic nitrogens is 2. The Morgan fingerprint density at radius 2 is 2.31 bits per heavy atom. The number of hydrogen-bond donors (Lipinski definition) is 0. The van der Waals surface area contributed by atoms with Gasteiger partial charge in [0.05, 0.1) is 22.3 Å². The fraction of sp³-hybridized carbons (Fsp3) is 0.111. The van der Waals surface area contributed by atoms with E-state index in [-0.39, 0.29) is 5.78 Å². The molecule has 0 saturated heterocycles. The van der Waals surface area contributed by atoms with Crippen molar-refractivity contribution in [3.05, 3.63) is 35.1 Å². The lowest BCUT2D eigenvalue weighted by atomic mass is 10.2. The van der Waals surface area contributed by atoms with Crippen LogP contribution in [0.1, 0.15) is 17.3 Å². The molecule has 0 saturated carbocycles. The molecule has 2 aromatic heterocycles. The lowest BCUT2D eigenvalue weighted by molar-refractivity contribution is 0.101. The Morgan fingerprint density at radius 3 is 3.00 bits per heavy atom. The van der Waals surface area contributed by atoms with Crippen molar-refractivity contribution in [2.45, 2.75) is 6.92 Å². The number of fused-ring (bicyclic) bond motifs is 1. The van der Waals surface area contributed by atoms with Crippen molar-refractivity contribution in [1.29, 1.82) is 0 Å². The molecule has 3 nitrogen and oxygen atoms in total. The number of halogens is 1. The minimum absolute atomic E-state index is 0.0114. The number of Topliss-reactive ketones (excluding diaryl/α,β-unsaturated/α-hetero) is 1. The van der Waals surface area contributed by atoms with Gasteiger partial charge in [0, 0.05) is 6.20 Å². The van der Waals surface area contributed by atoms with Crippen molar-refractivity contribution in [2.75, 3.05) is 0 Å². The molecule has 0 spiro atoms. The van der Waals surface area contributed by atoms with Gasteiger partial charge in [0.1, 0.15) is 0 Å². The SMILES string of the molecule is CC(=O)c1cnn2cc(Cl)ccc12. The third-order valence-corrected chi connectivity index (χ3v) is 2.08. The second kappa shape index (κ2) is 2.85. The zero-order valence-corrected chi connectivity index (χ0v) is 7.75. The van der Waals surface area contributed by atoms with Gasteiger partial charge in [-0.2, -0.15) is 5.10 Å². The molecule has 0 amide bonds. The van der Waals surface area contributed by atoms with E-state index in [0.29, 0.717) is 10.6 Å². The molecule has 0 N–H and O–H groups in total. The van der Waals surface area contributed by atoms with Crippen LogP contribution >= 0.6 is 11.6 Å². The van der Waals surface area contributed by atoms with Crippen molar-refractivity contribution in [2.24, 2.45) is 0 Å². The number of carbonyl (C=O) groups is 1. The van der Waals surface area contributed by atoms with Crippen LogP contribution in [0.5, 0.6) is 0 Å². The summed E-state index contributed by atoms with van der Waals surface area (Å²) in [5.41, 5.74) is 1.41. The Labute approximate surface area is 79.9 Å². The topological polar surface area (TPSA) is 34.4 Å². The molecule has 4 heteroatoms. The molecule has 0 fully saturated rings. The fourth-order valence-electron chi connectivity index (χ4n) is 1.23. The molecular weight excluding hydrogens is 188 g/mol. The van der Waals surface area contributed by atoms with Crippen molar-refractivity contribution in [1.82, 2.24) is 9.61 Å². The molecule has 0 unspecified atom stereocenters. The Morgan fingerprint density at radius 1 is 1.54 bits per heavy atom. The average Bonchev–Trinajstić information content (AvgIpc) is 2.46. The van der Waals surface area contributed by atoms with Crippen molar-refractivity contribution in [3.8, 4) is 0 Å². The molecule has 2 heterocycles. The van der Waals surface area contributed by atoms with Crippen LogP contribution in [0.15, 0.2) is 24.5 Å². The predicted molar refractivity (Wildman–Crippen MR) is 50.2 cm³/mol. The van der Waals surface area contributed by atoms with Gasteiger partial charge in [-0.25, -0.2) is 4.52 Å². The highest BCUT2D eigenvalue weighted by molar-refractivity contribution is 6.30. The lowest BCUT2D eigenvalue weighted by Gasteiger charge is -1.94. The fourth-order valence-corrected chi connectivity index (χ4v) is 1.39. The van der Waals surface area contributed by atoms with Crippen LogP contribution in [0.3, 0.4) is 0 Å². The standard InChI is InChI=1S/C9H7ClN2O/c1-6(13)8-4-11-12-5-7(10)2-3-9(8)12/h2-5H,1H3. The van der Waals surface area contributed by atoms with Gasteiger partial charge < -0.3 is 0 Å². The second-order valence-corrected chi connectivity index (χ2v) is 3.23. The van der Waals surface area contributed by atoms with E-state index in [2.05, 4.69) is 5.10 Å². The number of pyridine rings is 1. The first kappa shape index (κ1) is 8.26. The minimum Gasteiger partial charge on any atom is -0.294 e. The molecule has 0 bridgehead atoms. The third-order valence-electron chi connectivity index (χ3n) is 1.86. The largest absolute Gasteiger partial charge is 0.294 e. The van der Waals surface area contributed by atoms with Gasteiger partial charge in [-0.05, 0) is 19.1 Å². The highest BCUT2D eigenvalue weighted by Gasteiger charge is 2.07. The van der Waals surface area contributed by atoms with Gasteiger partial charge in [-0.3, -0.25) is 4.79 Å².